The minimum Gasteiger partial charge on any atom is -0.497 e. The monoisotopic (exact) mass is 531 g/mol. The van der Waals surface area contributed by atoms with Crippen molar-refractivity contribution in [3.05, 3.63) is 66.7 Å². The summed E-state index contributed by atoms with van der Waals surface area (Å²) in [4.78, 5) is 13.5. The van der Waals surface area contributed by atoms with Crippen molar-refractivity contribution < 1.29 is 31.1 Å². The molecule has 3 aromatic rings. The van der Waals surface area contributed by atoms with E-state index in [4.69, 9.17) is 9.47 Å². The van der Waals surface area contributed by atoms with Crippen molar-refractivity contribution in [3.63, 3.8) is 0 Å². The molecule has 12 heteroatoms. The molecule has 0 unspecified atom stereocenters. The van der Waals surface area contributed by atoms with Crippen molar-refractivity contribution in [1.29, 1.82) is 0 Å². The fourth-order valence-electron chi connectivity index (χ4n) is 3.73. The molecule has 3 aromatic carbocycles. The van der Waals surface area contributed by atoms with Crippen LogP contribution < -0.4 is 23.8 Å². The van der Waals surface area contributed by atoms with Gasteiger partial charge >= 0.3 is 0 Å². The Morgan fingerprint density at radius 2 is 1.39 bits per heavy atom. The number of sulfonamides is 2. The van der Waals surface area contributed by atoms with Crippen molar-refractivity contribution in [2.45, 2.75) is 22.6 Å². The van der Waals surface area contributed by atoms with Gasteiger partial charge in [0.15, 0.2) is 0 Å². The van der Waals surface area contributed by atoms with Gasteiger partial charge in [-0.25, -0.2) is 16.8 Å². The highest BCUT2D eigenvalue weighted by molar-refractivity contribution is 7.93. The summed E-state index contributed by atoms with van der Waals surface area (Å²) in [5, 5.41) is 0. The summed E-state index contributed by atoms with van der Waals surface area (Å²) in [6.45, 7) is 0.610. The lowest BCUT2D eigenvalue weighted by Crippen LogP contribution is -2.23. The topological polar surface area (TPSA) is 131 Å². The zero-order valence-corrected chi connectivity index (χ0v) is 21.2. The number of carbonyl (C=O) groups is 1. The second-order valence-corrected chi connectivity index (χ2v) is 11.3. The third kappa shape index (κ3) is 5.39. The van der Waals surface area contributed by atoms with Gasteiger partial charge in [0, 0.05) is 30.4 Å². The highest BCUT2D eigenvalue weighted by Gasteiger charge is 2.23. The van der Waals surface area contributed by atoms with Crippen LogP contribution in [0.1, 0.15) is 12.8 Å². The zero-order valence-electron chi connectivity index (χ0n) is 19.6. The van der Waals surface area contributed by atoms with Crippen LogP contribution in [0.3, 0.4) is 0 Å². The Kier molecular flexibility index (Phi) is 7.09. The Morgan fingerprint density at radius 3 is 1.94 bits per heavy atom. The van der Waals surface area contributed by atoms with Crippen molar-refractivity contribution in [2.24, 2.45) is 0 Å². The van der Waals surface area contributed by atoms with Gasteiger partial charge in [0.1, 0.15) is 11.5 Å². The van der Waals surface area contributed by atoms with E-state index in [0.717, 1.165) is 6.42 Å². The van der Waals surface area contributed by atoms with E-state index >= 15 is 0 Å². The summed E-state index contributed by atoms with van der Waals surface area (Å²) in [5.41, 5.74) is 1.06. The first-order chi connectivity index (χ1) is 17.1. The van der Waals surface area contributed by atoms with E-state index in [9.17, 15) is 21.6 Å². The van der Waals surface area contributed by atoms with Gasteiger partial charge in [-0.15, -0.1) is 0 Å². The van der Waals surface area contributed by atoms with Gasteiger partial charge in [-0.3, -0.25) is 14.2 Å². The Labute approximate surface area is 209 Å². The number of carbonyl (C=O) groups excluding carboxylic acids is 1. The van der Waals surface area contributed by atoms with Gasteiger partial charge in [-0.2, -0.15) is 0 Å². The lowest BCUT2D eigenvalue weighted by molar-refractivity contribution is -0.117. The number of hydrogen-bond donors (Lipinski definition) is 2. The van der Waals surface area contributed by atoms with Crippen LogP contribution in [0.4, 0.5) is 17.1 Å². The quantitative estimate of drug-likeness (QED) is 0.432. The number of methoxy groups -OCH3 is 2. The van der Waals surface area contributed by atoms with Gasteiger partial charge in [0.25, 0.3) is 20.0 Å². The predicted octanol–water partition coefficient (Wildman–Crippen LogP) is 3.43. The number of anilines is 3. The standard InChI is InChI=1S/C24H25N3O7S2/c1-33-19-9-14-22(23(16-19)34-2)26-36(31,32)20-10-5-17(6-11-20)25-35(29,30)21-12-7-18(8-13-21)27-15-3-4-24(27)28/h5-14,16,25-26H,3-4,15H2,1-2H3. The van der Waals surface area contributed by atoms with Crippen LogP contribution >= 0.6 is 0 Å². The number of nitrogens with one attached hydrogen (secondary N) is 2. The summed E-state index contributed by atoms with van der Waals surface area (Å²) in [6.07, 6.45) is 1.26. The van der Waals surface area contributed by atoms with Gasteiger partial charge in [-0.05, 0) is 67.1 Å². The van der Waals surface area contributed by atoms with Crippen LogP contribution in [-0.2, 0) is 24.8 Å². The summed E-state index contributed by atoms with van der Waals surface area (Å²) in [7, 11) is -5.01. The Morgan fingerprint density at radius 1 is 0.778 bits per heavy atom. The second-order valence-electron chi connectivity index (χ2n) is 7.94. The molecule has 0 aliphatic carbocycles. The number of nitrogens with zero attached hydrogens (tertiary/aromatic N) is 1. The summed E-state index contributed by atoms with van der Waals surface area (Å²) in [5.74, 6) is 0.798. The lowest BCUT2D eigenvalue weighted by Gasteiger charge is -2.16. The van der Waals surface area contributed by atoms with Crippen LogP contribution in [0.25, 0.3) is 0 Å². The molecule has 4 rings (SSSR count). The average molecular weight is 532 g/mol. The van der Waals surface area contributed by atoms with Crippen molar-refractivity contribution in [2.75, 3.05) is 35.1 Å². The number of ether oxygens (including phenoxy) is 2. The van der Waals surface area contributed by atoms with Crippen LogP contribution in [0, 0.1) is 0 Å². The molecule has 1 aliphatic rings. The Bertz CT molecular complexity index is 1470. The van der Waals surface area contributed by atoms with Crippen molar-refractivity contribution >= 4 is 43.0 Å². The van der Waals surface area contributed by atoms with Crippen LogP contribution in [0.2, 0.25) is 0 Å². The second kappa shape index (κ2) is 10.1. The first-order valence-corrected chi connectivity index (χ1v) is 13.9. The maximum atomic E-state index is 12.8. The normalized spacial score (nSPS) is 13.9. The van der Waals surface area contributed by atoms with E-state index in [1.807, 2.05) is 0 Å². The average Bonchev–Trinajstić information content (AvgIpc) is 3.30. The molecule has 1 saturated heterocycles. The molecule has 1 amide bonds. The van der Waals surface area contributed by atoms with E-state index in [2.05, 4.69) is 9.44 Å². The molecule has 0 radical (unpaired) electrons. The van der Waals surface area contributed by atoms with Gasteiger partial charge in [0.05, 0.1) is 29.7 Å². The molecule has 0 aromatic heterocycles. The SMILES string of the molecule is COc1ccc(NS(=O)(=O)c2ccc(NS(=O)(=O)c3ccc(N4CCCC4=O)cc3)cc2)c(OC)c1. The van der Waals surface area contributed by atoms with Gasteiger partial charge in [-0.1, -0.05) is 0 Å². The van der Waals surface area contributed by atoms with Crippen molar-refractivity contribution in [1.82, 2.24) is 0 Å². The Hall–Kier alpha value is -3.77. The molecule has 36 heavy (non-hydrogen) atoms. The fourth-order valence-corrected chi connectivity index (χ4v) is 5.86. The maximum absolute atomic E-state index is 12.8. The van der Waals surface area contributed by atoms with E-state index in [0.29, 0.717) is 24.4 Å². The van der Waals surface area contributed by atoms with Crippen molar-refractivity contribution in [3.8, 4) is 11.5 Å². The highest BCUT2D eigenvalue weighted by atomic mass is 32.2. The summed E-state index contributed by atoms with van der Waals surface area (Å²) in [6, 6.07) is 16.0. The minimum atomic E-state index is -3.98. The fraction of sp³-hybridized carbons (Fsp3) is 0.208. The molecular weight excluding hydrogens is 506 g/mol. The van der Waals surface area contributed by atoms with E-state index in [-0.39, 0.29) is 32.8 Å². The molecular formula is C24H25N3O7S2. The van der Waals surface area contributed by atoms with Gasteiger partial charge < -0.3 is 14.4 Å². The largest absolute Gasteiger partial charge is 0.497 e. The first kappa shape index (κ1) is 25.3. The summed E-state index contributed by atoms with van der Waals surface area (Å²) >= 11 is 0. The van der Waals surface area contributed by atoms with E-state index < -0.39 is 20.0 Å². The number of rotatable bonds is 9. The third-order valence-electron chi connectivity index (χ3n) is 5.60. The Balaban J connectivity index is 1.47. The van der Waals surface area contributed by atoms with Crippen LogP contribution in [0.15, 0.2) is 76.5 Å². The molecule has 0 saturated carbocycles. The van der Waals surface area contributed by atoms with Crippen LogP contribution in [0.5, 0.6) is 11.5 Å². The maximum Gasteiger partial charge on any atom is 0.262 e. The first-order valence-electron chi connectivity index (χ1n) is 10.9. The van der Waals surface area contributed by atoms with Crippen LogP contribution in [-0.4, -0.2) is 43.5 Å². The summed E-state index contributed by atoms with van der Waals surface area (Å²) < 4.78 is 66.5. The predicted molar refractivity (Wildman–Crippen MR) is 136 cm³/mol. The number of hydrogen-bond acceptors (Lipinski definition) is 7. The highest BCUT2D eigenvalue weighted by Crippen LogP contribution is 2.31. The molecule has 2 N–H and O–H groups in total. The molecule has 190 valence electrons. The van der Waals surface area contributed by atoms with Gasteiger partial charge in [0.2, 0.25) is 5.91 Å². The molecule has 1 fully saturated rings. The lowest BCUT2D eigenvalue weighted by atomic mass is 10.3. The molecule has 0 spiro atoms. The number of amides is 1. The molecule has 0 atom stereocenters. The van der Waals surface area contributed by atoms with E-state index in [1.54, 1.807) is 29.2 Å². The van der Waals surface area contributed by atoms with E-state index in [1.165, 1.54) is 56.7 Å². The minimum absolute atomic E-state index is 0.0127. The number of benzene rings is 3. The smallest absolute Gasteiger partial charge is 0.262 e. The molecule has 10 nitrogen and oxygen atoms in total. The zero-order chi connectivity index (χ0) is 25.9. The molecule has 0 bridgehead atoms. The third-order valence-corrected chi connectivity index (χ3v) is 8.38. The molecule has 1 aliphatic heterocycles. The molecule has 1 heterocycles.